The lowest BCUT2D eigenvalue weighted by atomic mass is 9.97. The molecule has 0 spiro atoms. The molecule has 1 rings (SSSR count). The van der Waals surface area contributed by atoms with Gasteiger partial charge in [0.2, 0.25) is 12.0 Å². The zero-order chi connectivity index (χ0) is 14.4. The Balaban J connectivity index is 3.11. The molecular formula is C14H11FN2O2. The summed E-state index contributed by atoms with van der Waals surface area (Å²) in [6, 6.07) is 7.25. The second-order valence-corrected chi connectivity index (χ2v) is 3.93. The van der Waals surface area contributed by atoms with E-state index in [1.54, 1.807) is 13.0 Å². The molecular weight excluding hydrogens is 247 g/mol. The van der Waals surface area contributed by atoms with E-state index in [-0.39, 0.29) is 23.1 Å². The highest BCUT2D eigenvalue weighted by Crippen LogP contribution is 2.16. The fraction of sp³-hybridized carbons (Fsp3) is 0.286. The maximum atomic E-state index is 13.7. The Morgan fingerprint density at radius 2 is 2.00 bits per heavy atom. The number of carbonyl (C=O) groups is 2. The van der Waals surface area contributed by atoms with Gasteiger partial charge in [0, 0.05) is 12.0 Å². The van der Waals surface area contributed by atoms with Crippen LogP contribution in [0.1, 0.15) is 41.3 Å². The van der Waals surface area contributed by atoms with Crippen molar-refractivity contribution >= 4 is 11.6 Å². The quantitative estimate of drug-likeness (QED) is 0.599. The number of alkyl halides is 1. The minimum Gasteiger partial charge on any atom is -0.296 e. The van der Waals surface area contributed by atoms with E-state index in [1.165, 1.54) is 18.2 Å². The van der Waals surface area contributed by atoms with Gasteiger partial charge in [-0.3, -0.25) is 9.59 Å². The number of Topliss-reactive ketones (excluding diaryl/α,β-unsaturated/α-hetero) is 2. The average Bonchev–Trinajstić information content (AvgIpc) is 2.45. The first-order chi connectivity index (χ1) is 9.04. The lowest BCUT2D eigenvalue weighted by Crippen LogP contribution is -2.26. The predicted octanol–water partition coefficient (Wildman–Crippen LogP) is 2.32. The van der Waals surface area contributed by atoms with E-state index in [2.05, 4.69) is 0 Å². The van der Waals surface area contributed by atoms with Gasteiger partial charge in [-0.05, 0) is 24.6 Å². The number of nitriles is 2. The van der Waals surface area contributed by atoms with Crippen LogP contribution in [0.2, 0.25) is 0 Å². The van der Waals surface area contributed by atoms with Gasteiger partial charge in [0.15, 0.2) is 5.78 Å². The summed E-state index contributed by atoms with van der Waals surface area (Å²) in [4.78, 5) is 23.2. The Bertz CT molecular complexity index is 596. The Labute approximate surface area is 110 Å². The predicted molar refractivity (Wildman–Crippen MR) is 65.0 cm³/mol. The van der Waals surface area contributed by atoms with Crippen molar-refractivity contribution in [3.05, 3.63) is 34.9 Å². The van der Waals surface area contributed by atoms with Crippen molar-refractivity contribution in [2.75, 3.05) is 0 Å². The van der Waals surface area contributed by atoms with Crippen LogP contribution >= 0.6 is 0 Å². The molecule has 19 heavy (non-hydrogen) atoms. The lowest BCUT2D eigenvalue weighted by Gasteiger charge is -2.07. The van der Waals surface area contributed by atoms with Gasteiger partial charge >= 0.3 is 0 Å². The number of rotatable bonds is 5. The molecule has 0 aliphatic rings. The molecule has 1 unspecified atom stereocenters. The third-order valence-corrected chi connectivity index (χ3v) is 2.54. The standard InChI is InChI=1S/C14H11FN2O2/c1-2-3-12(18)13(15)14(19)11-5-4-9(7-16)6-10(11)8-17/h4-6,13H,2-3H2,1H3. The first-order valence-electron chi connectivity index (χ1n) is 5.70. The van der Waals surface area contributed by atoms with Crippen molar-refractivity contribution in [3.8, 4) is 12.1 Å². The fourth-order valence-corrected chi connectivity index (χ4v) is 1.58. The molecule has 0 radical (unpaired) electrons. The molecule has 0 fully saturated rings. The number of carbonyl (C=O) groups excluding carboxylic acids is 2. The first-order valence-corrected chi connectivity index (χ1v) is 5.70. The number of hydrogen-bond donors (Lipinski definition) is 0. The van der Waals surface area contributed by atoms with Crippen LogP contribution < -0.4 is 0 Å². The second kappa shape index (κ2) is 6.42. The van der Waals surface area contributed by atoms with E-state index >= 15 is 0 Å². The third-order valence-electron chi connectivity index (χ3n) is 2.54. The zero-order valence-corrected chi connectivity index (χ0v) is 10.3. The number of benzene rings is 1. The molecule has 0 bridgehead atoms. The molecule has 0 aromatic heterocycles. The van der Waals surface area contributed by atoms with Gasteiger partial charge in [-0.25, -0.2) is 4.39 Å². The second-order valence-electron chi connectivity index (χ2n) is 3.93. The normalized spacial score (nSPS) is 11.2. The maximum absolute atomic E-state index is 13.7. The summed E-state index contributed by atoms with van der Waals surface area (Å²) in [6.45, 7) is 1.71. The van der Waals surface area contributed by atoms with Crippen LogP contribution in [0.3, 0.4) is 0 Å². The highest BCUT2D eigenvalue weighted by atomic mass is 19.1. The number of hydrogen-bond acceptors (Lipinski definition) is 4. The largest absolute Gasteiger partial charge is 0.296 e. The Kier molecular flexibility index (Phi) is 4.91. The molecule has 0 heterocycles. The third kappa shape index (κ3) is 3.23. The smallest absolute Gasteiger partial charge is 0.220 e. The highest BCUT2D eigenvalue weighted by molar-refractivity contribution is 6.14. The van der Waals surface area contributed by atoms with Crippen LogP contribution in [0.15, 0.2) is 18.2 Å². The van der Waals surface area contributed by atoms with Crippen LogP contribution in [-0.2, 0) is 4.79 Å². The highest BCUT2D eigenvalue weighted by Gasteiger charge is 2.28. The number of ketones is 2. The van der Waals surface area contributed by atoms with E-state index in [0.29, 0.717) is 6.42 Å². The molecule has 1 atom stereocenters. The van der Waals surface area contributed by atoms with E-state index in [9.17, 15) is 14.0 Å². The lowest BCUT2D eigenvalue weighted by molar-refractivity contribution is -0.122. The maximum Gasteiger partial charge on any atom is 0.220 e. The van der Waals surface area contributed by atoms with E-state index in [4.69, 9.17) is 10.5 Å². The number of halogens is 1. The van der Waals surface area contributed by atoms with Crippen LogP contribution in [0, 0.1) is 22.7 Å². The van der Waals surface area contributed by atoms with E-state index in [0.717, 1.165) is 0 Å². The molecule has 96 valence electrons. The molecule has 0 aliphatic carbocycles. The molecule has 0 amide bonds. The monoisotopic (exact) mass is 258 g/mol. The topological polar surface area (TPSA) is 81.7 Å². The summed E-state index contributed by atoms with van der Waals surface area (Å²) in [5.41, 5.74) is -0.0714. The van der Waals surface area contributed by atoms with Crippen LogP contribution in [0.25, 0.3) is 0 Å². The Morgan fingerprint density at radius 3 is 2.53 bits per heavy atom. The molecule has 0 aliphatic heterocycles. The summed E-state index contributed by atoms with van der Waals surface area (Å²) in [6.07, 6.45) is -1.82. The summed E-state index contributed by atoms with van der Waals surface area (Å²) in [5.74, 6) is -1.82. The molecule has 0 saturated carbocycles. The SMILES string of the molecule is CCCC(=O)C(F)C(=O)c1ccc(C#N)cc1C#N. The summed E-state index contributed by atoms with van der Waals surface area (Å²) < 4.78 is 13.7. The van der Waals surface area contributed by atoms with Crippen LogP contribution in [-0.4, -0.2) is 17.7 Å². The van der Waals surface area contributed by atoms with Crippen molar-refractivity contribution in [1.82, 2.24) is 0 Å². The van der Waals surface area contributed by atoms with Crippen LogP contribution in [0.5, 0.6) is 0 Å². The van der Waals surface area contributed by atoms with Crippen molar-refractivity contribution in [2.24, 2.45) is 0 Å². The molecule has 1 aromatic rings. The molecule has 0 N–H and O–H groups in total. The first kappa shape index (κ1) is 14.5. The van der Waals surface area contributed by atoms with E-state index in [1.807, 2.05) is 6.07 Å². The summed E-state index contributed by atoms with van der Waals surface area (Å²) >= 11 is 0. The van der Waals surface area contributed by atoms with Gasteiger partial charge in [0.25, 0.3) is 0 Å². The fourth-order valence-electron chi connectivity index (χ4n) is 1.58. The minimum atomic E-state index is -2.25. The zero-order valence-electron chi connectivity index (χ0n) is 10.3. The molecule has 0 saturated heterocycles. The van der Waals surface area contributed by atoms with E-state index < -0.39 is 17.7 Å². The summed E-state index contributed by atoms with van der Waals surface area (Å²) in [7, 11) is 0. The molecule has 5 heteroatoms. The van der Waals surface area contributed by atoms with Gasteiger partial charge < -0.3 is 0 Å². The van der Waals surface area contributed by atoms with Gasteiger partial charge in [-0.1, -0.05) is 6.92 Å². The summed E-state index contributed by atoms with van der Waals surface area (Å²) in [5, 5.41) is 17.6. The Morgan fingerprint density at radius 1 is 1.32 bits per heavy atom. The molecule has 4 nitrogen and oxygen atoms in total. The average molecular weight is 258 g/mol. The van der Waals surface area contributed by atoms with Gasteiger partial charge in [-0.15, -0.1) is 0 Å². The van der Waals surface area contributed by atoms with Crippen molar-refractivity contribution in [3.63, 3.8) is 0 Å². The van der Waals surface area contributed by atoms with Crippen molar-refractivity contribution < 1.29 is 14.0 Å². The minimum absolute atomic E-state index is 0.0227. The number of nitrogens with zero attached hydrogens (tertiary/aromatic N) is 2. The van der Waals surface area contributed by atoms with Gasteiger partial charge in [-0.2, -0.15) is 10.5 Å². The Hall–Kier alpha value is -2.53. The van der Waals surface area contributed by atoms with Crippen molar-refractivity contribution in [1.29, 1.82) is 10.5 Å². The molecule has 1 aromatic carbocycles. The van der Waals surface area contributed by atoms with Crippen molar-refractivity contribution in [2.45, 2.75) is 25.9 Å². The van der Waals surface area contributed by atoms with Crippen LogP contribution in [0.4, 0.5) is 4.39 Å². The van der Waals surface area contributed by atoms with Gasteiger partial charge in [0.05, 0.1) is 23.3 Å². The van der Waals surface area contributed by atoms with Gasteiger partial charge in [0.1, 0.15) is 0 Å².